The fourth-order valence-corrected chi connectivity index (χ4v) is 4.16. The van der Waals surface area contributed by atoms with Crippen LogP contribution in [0.4, 0.5) is 4.79 Å². The summed E-state index contributed by atoms with van der Waals surface area (Å²) in [6, 6.07) is 13.4. The van der Waals surface area contributed by atoms with E-state index in [1.807, 2.05) is 36.4 Å². The van der Waals surface area contributed by atoms with Gasteiger partial charge in [-0.2, -0.15) is 0 Å². The first-order valence-corrected chi connectivity index (χ1v) is 10.4. The Balaban J connectivity index is 1.80. The van der Waals surface area contributed by atoms with Crippen LogP contribution < -0.4 is 9.47 Å². The molecule has 29 heavy (non-hydrogen) atoms. The van der Waals surface area contributed by atoms with E-state index in [4.69, 9.17) is 14.2 Å². The summed E-state index contributed by atoms with van der Waals surface area (Å²) in [4.78, 5) is 26.1. The van der Waals surface area contributed by atoms with Crippen LogP contribution in [0.1, 0.15) is 11.1 Å². The van der Waals surface area contributed by atoms with Crippen LogP contribution in [0.3, 0.4) is 0 Å². The maximum atomic E-state index is 12.5. The highest BCUT2D eigenvalue weighted by molar-refractivity contribution is 9.10. The molecular weight excluding hydrogens is 458 g/mol. The third kappa shape index (κ3) is 5.20. The van der Waals surface area contributed by atoms with Gasteiger partial charge in [-0.1, -0.05) is 30.3 Å². The minimum atomic E-state index is -0.323. The van der Waals surface area contributed by atoms with Crippen molar-refractivity contribution in [1.82, 2.24) is 4.90 Å². The van der Waals surface area contributed by atoms with Crippen molar-refractivity contribution < 1.29 is 23.8 Å². The van der Waals surface area contributed by atoms with Crippen molar-refractivity contribution in [3.8, 4) is 11.5 Å². The van der Waals surface area contributed by atoms with E-state index in [9.17, 15) is 9.59 Å². The van der Waals surface area contributed by atoms with E-state index < -0.39 is 0 Å². The fraction of sp³-hybridized carbons (Fsp3) is 0.238. The van der Waals surface area contributed by atoms with Gasteiger partial charge in [0.05, 0.1) is 29.6 Å². The largest absolute Gasteiger partial charge is 0.493 e. The zero-order valence-electron chi connectivity index (χ0n) is 16.0. The third-order valence-electron chi connectivity index (χ3n) is 4.17. The van der Waals surface area contributed by atoms with Crippen molar-refractivity contribution >= 4 is 44.9 Å². The Hall–Kier alpha value is -2.29. The molecule has 0 bridgehead atoms. The van der Waals surface area contributed by atoms with E-state index in [-0.39, 0.29) is 17.7 Å². The zero-order chi connectivity index (χ0) is 20.8. The predicted molar refractivity (Wildman–Crippen MR) is 116 cm³/mol. The number of amides is 2. The van der Waals surface area contributed by atoms with Gasteiger partial charge in [-0.3, -0.25) is 14.5 Å². The van der Waals surface area contributed by atoms with Crippen LogP contribution >= 0.6 is 27.7 Å². The second-order valence-electron chi connectivity index (χ2n) is 6.13. The highest BCUT2D eigenvalue weighted by Gasteiger charge is 2.34. The molecule has 0 radical (unpaired) electrons. The smallest absolute Gasteiger partial charge is 0.293 e. The molecule has 0 unspecified atom stereocenters. The number of imide groups is 1. The van der Waals surface area contributed by atoms with E-state index in [1.165, 1.54) is 12.0 Å². The van der Waals surface area contributed by atoms with Gasteiger partial charge in [0.1, 0.15) is 6.61 Å². The van der Waals surface area contributed by atoms with E-state index in [2.05, 4.69) is 15.9 Å². The molecular formula is C21H20BrNO5S. The first-order chi connectivity index (χ1) is 14.0. The average molecular weight is 478 g/mol. The third-order valence-corrected chi connectivity index (χ3v) is 5.66. The molecule has 2 aromatic rings. The van der Waals surface area contributed by atoms with Gasteiger partial charge in [0.25, 0.3) is 11.1 Å². The number of hydrogen-bond acceptors (Lipinski definition) is 6. The van der Waals surface area contributed by atoms with Crippen LogP contribution in [0.25, 0.3) is 6.08 Å². The second-order valence-corrected chi connectivity index (χ2v) is 7.98. The Bertz CT molecular complexity index is 932. The van der Waals surface area contributed by atoms with Gasteiger partial charge in [-0.25, -0.2) is 0 Å². The normalized spacial score (nSPS) is 15.3. The lowest BCUT2D eigenvalue weighted by molar-refractivity contribution is -0.123. The molecule has 0 aromatic heterocycles. The van der Waals surface area contributed by atoms with E-state index >= 15 is 0 Å². The summed E-state index contributed by atoms with van der Waals surface area (Å²) in [6.07, 6.45) is 1.67. The van der Waals surface area contributed by atoms with Gasteiger partial charge >= 0.3 is 0 Å². The molecule has 6 nitrogen and oxygen atoms in total. The standard InChI is InChI=1S/C21H20BrNO5S/c1-26-9-8-23-20(24)18(29-21(23)25)12-15-10-16(22)19(17(11-15)27-2)28-13-14-6-4-3-5-7-14/h3-7,10-12H,8-9,13H2,1-2H3/b18-12+. The first-order valence-electron chi connectivity index (χ1n) is 8.82. The second kappa shape index (κ2) is 9.96. The topological polar surface area (TPSA) is 65.1 Å². The minimum Gasteiger partial charge on any atom is -0.493 e. The van der Waals surface area contributed by atoms with Crippen LogP contribution in [0.15, 0.2) is 51.8 Å². The molecule has 8 heteroatoms. The van der Waals surface area contributed by atoms with Gasteiger partial charge in [0.15, 0.2) is 11.5 Å². The maximum absolute atomic E-state index is 12.5. The molecule has 2 aromatic carbocycles. The van der Waals surface area contributed by atoms with Crippen molar-refractivity contribution in [2.24, 2.45) is 0 Å². The Morgan fingerprint density at radius 1 is 1.14 bits per heavy atom. The molecule has 3 rings (SSSR count). The molecule has 0 aliphatic carbocycles. The average Bonchev–Trinajstić information content (AvgIpc) is 2.98. The molecule has 0 saturated carbocycles. The summed E-state index contributed by atoms with van der Waals surface area (Å²) in [5.41, 5.74) is 1.76. The quantitative estimate of drug-likeness (QED) is 0.512. The summed E-state index contributed by atoms with van der Waals surface area (Å²) in [5.74, 6) is 0.776. The summed E-state index contributed by atoms with van der Waals surface area (Å²) in [6.45, 7) is 0.934. The predicted octanol–water partition coefficient (Wildman–Crippen LogP) is 4.72. The van der Waals surface area contributed by atoms with Crippen molar-refractivity contribution in [3.05, 3.63) is 63.0 Å². The van der Waals surface area contributed by atoms with Crippen LogP contribution in [-0.2, 0) is 16.1 Å². The Kier molecular flexibility index (Phi) is 7.35. The van der Waals surface area contributed by atoms with Crippen LogP contribution in [0.5, 0.6) is 11.5 Å². The molecule has 1 aliphatic rings. The number of methoxy groups -OCH3 is 2. The number of carbonyl (C=O) groups is 2. The van der Waals surface area contributed by atoms with Gasteiger partial charge in [-0.15, -0.1) is 0 Å². The molecule has 0 N–H and O–H groups in total. The fourth-order valence-electron chi connectivity index (χ4n) is 2.72. The highest BCUT2D eigenvalue weighted by Crippen LogP contribution is 2.39. The van der Waals surface area contributed by atoms with Gasteiger partial charge in [0, 0.05) is 7.11 Å². The molecule has 1 heterocycles. The SMILES string of the molecule is COCCN1C(=O)S/C(=C/c2cc(Br)c(OCc3ccccc3)c(OC)c2)C1=O. The number of ether oxygens (including phenoxy) is 3. The number of benzene rings is 2. The molecule has 1 aliphatic heterocycles. The van der Waals surface area contributed by atoms with E-state index in [1.54, 1.807) is 19.3 Å². The number of thioether (sulfide) groups is 1. The lowest BCUT2D eigenvalue weighted by Gasteiger charge is -2.14. The van der Waals surface area contributed by atoms with E-state index in [0.717, 1.165) is 22.9 Å². The van der Waals surface area contributed by atoms with Crippen LogP contribution in [0, 0.1) is 0 Å². The maximum Gasteiger partial charge on any atom is 0.293 e. The Labute approximate surface area is 181 Å². The molecule has 0 spiro atoms. The van der Waals surface area contributed by atoms with Crippen molar-refractivity contribution in [3.63, 3.8) is 0 Å². The number of nitrogens with zero attached hydrogens (tertiary/aromatic N) is 1. The first kappa shape index (κ1) is 21.4. The number of hydrogen-bond donors (Lipinski definition) is 0. The molecule has 0 atom stereocenters. The minimum absolute atomic E-state index is 0.234. The number of rotatable bonds is 8. The monoisotopic (exact) mass is 477 g/mol. The Morgan fingerprint density at radius 3 is 2.59 bits per heavy atom. The van der Waals surface area contributed by atoms with Gasteiger partial charge in [0.2, 0.25) is 0 Å². The van der Waals surface area contributed by atoms with Gasteiger partial charge < -0.3 is 14.2 Å². The van der Waals surface area contributed by atoms with E-state index in [0.29, 0.717) is 34.1 Å². The number of halogens is 1. The summed E-state index contributed by atoms with van der Waals surface area (Å²) in [5, 5.41) is -0.299. The molecule has 152 valence electrons. The van der Waals surface area contributed by atoms with Crippen molar-refractivity contribution in [2.75, 3.05) is 27.4 Å². The summed E-state index contributed by atoms with van der Waals surface area (Å²) < 4.78 is 17.0. The van der Waals surface area contributed by atoms with Crippen LogP contribution in [0.2, 0.25) is 0 Å². The summed E-state index contributed by atoms with van der Waals surface area (Å²) >= 11 is 4.43. The summed E-state index contributed by atoms with van der Waals surface area (Å²) in [7, 11) is 3.08. The Morgan fingerprint density at radius 2 is 1.90 bits per heavy atom. The zero-order valence-corrected chi connectivity index (χ0v) is 18.4. The molecule has 1 saturated heterocycles. The highest BCUT2D eigenvalue weighted by atomic mass is 79.9. The van der Waals surface area contributed by atoms with Gasteiger partial charge in [-0.05, 0) is 57.0 Å². The van der Waals surface area contributed by atoms with Crippen molar-refractivity contribution in [1.29, 1.82) is 0 Å². The molecule has 1 fully saturated rings. The van der Waals surface area contributed by atoms with Crippen LogP contribution in [-0.4, -0.2) is 43.4 Å². The van der Waals surface area contributed by atoms with Crippen molar-refractivity contribution in [2.45, 2.75) is 6.61 Å². The molecule has 2 amide bonds. The lowest BCUT2D eigenvalue weighted by atomic mass is 10.1. The number of carbonyl (C=O) groups excluding carboxylic acids is 2. The lowest BCUT2D eigenvalue weighted by Crippen LogP contribution is -2.31.